The maximum atomic E-state index is 13.0. The zero-order valence-electron chi connectivity index (χ0n) is 15.8. The van der Waals surface area contributed by atoms with E-state index in [4.69, 9.17) is 4.74 Å². The van der Waals surface area contributed by atoms with E-state index in [9.17, 15) is 23.2 Å². The summed E-state index contributed by atoms with van der Waals surface area (Å²) in [6, 6.07) is 12.0. The third kappa shape index (κ3) is 5.66. The van der Waals surface area contributed by atoms with Gasteiger partial charge in [0, 0.05) is 18.7 Å². The number of ether oxygens (including phenoxy) is 3. The number of hydrogen-bond acceptors (Lipinski definition) is 6. The second-order valence-electron chi connectivity index (χ2n) is 6.41. The lowest BCUT2D eigenvalue weighted by Crippen LogP contribution is -2.29. The number of carbonyl (C=O) groups excluding carboxylic acids is 3. The average molecular weight is 420 g/mol. The fraction of sp³-hybridized carbons (Fsp3) is 0.250. The lowest BCUT2D eigenvalue weighted by molar-refractivity contribution is -0.286. The van der Waals surface area contributed by atoms with Crippen LogP contribution < -0.4 is 20.1 Å². The highest BCUT2D eigenvalue weighted by Crippen LogP contribution is 2.42. The zero-order valence-corrected chi connectivity index (χ0v) is 15.8. The van der Waals surface area contributed by atoms with Gasteiger partial charge in [-0.1, -0.05) is 30.3 Å². The molecule has 1 heterocycles. The van der Waals surface area contributed by atoms with E-state index in [0.717, 1.165) is 6.07 Å². The third-order valence-electron chi connectivity index (χ3n) is 4.00. The van der Waals surface area contributed by atoms with Crippen molar-refractivity contribution in [1.82, 2.24) is 5.32 Å². The summed E-state index contributed by atoms with van der Waals surface area (Å²) in [7, 11) is 0. The van der Waals surface area contributed by atoms with Crippen LogP contribution in [0.4, 0.5) is 14.5 Å². The molecule has 30 heavy (non-hydrogen) atoms. The van der Waals surface area contributed by atoms with Crippen molar-refractivity contribution in [2.75, 3.05) is 11.9 Å². The van der Waals surface area contributed by atoms with Crippen LogP contribution in [0.5, 0.6) is 11.5 Å². The zero-order chi connectivity index (χ0) is 21.7. The molecule has 2 amide bonds. The summed E-state index contributed by atoms with van der Waals surface area (Å²) in [6.07, 6.45) is -3.93. The Hall–Kier alpha value is -3.69. The molecule has 0 saturated heterocycles. The van der Waals surface area contributed by atoms with E-state index in [0.29, 0.717) is 5.56 Å². The second-order valence-corrected chi connectivity index (χ2v) is 6.41. The van der Waals surface area contributed by atoms with Crippen molar-refractivity contribution in [3.63, 3.8) is 0 Å². The maximum Gasteiger partial charge on any atom is 0.586 e. The molecular weight excluding hydrogens is 402 g/mol. The molecule has 1 aliphatic heterocycles. The van der Waals surface area contributed by atoms with E-state index < -0.39 is 30.8 Å². The van der Waals surface area contributed by atoms with E-state index in [-0.39, 0.29) is 29.5 Å². The number of fused-ring (bicyclic) bond motifs is 1. The number of amides is 2. The summed E-state index contributed by atoms with van der Waals surface area (Å²) in [5.41, 5.74) is 0.878. The number of rotatable bonds is 7. The van der Waals surface area contributed by atoms with Gasteiger partial charge in [0.15, 0.2) is 18.1 Å². The normalized spacial score (nSPS) is 14.5. The first-order valence-corrected chi connectivity index (χ1v) is 8.89. The van der Waals surface area contributed by atoms with Gasteiger partial charge in [-0.2, -0.15) is 0 Å². The predicted molar refractivity (Wildman–Crippen MR) is 99.9 cm³/mol. The van der Waals surface area contributed by atoms with E-state index in [1.165, 1.54) is 19.1 Å². The first-order valence-electron chi connectivity index (χ1n) is 8.89. The van der Waals surface area contributed by atoms with Crippen molar-refractivity contribution in [3.05, 3.63) is 54.1 Å². The molecule has 0 aromatic heterocycles. The highest BCUT2D eigenvalue weighted by atomic mass is 19.3. The Bertz CT molecular complexity index is 952. The number of esters is 1. The van der Waals surface area contributed by atoms with Gasteiger partial charge < -0.3 is 24.8 Å². The number of halogens is 2. The van der Waals surface area contributed by atoms with E-state index >= 15 is 0 Å². The van der Waals surface area contributed by atoms with Crippen molar-refractivity contribution in [2.24, 2.45) is 0 Å². The van der Waals surface area contributed by atoms with Crippen LogP contribution >= 0.6 is 0 Å². The minimum absolute atomic E-state index is 0.158. The smallest absolute Gasteiger partial charge is 0.455 e. The lowest BCUT2D eigenvalue weighted by Gasteiger charge is -2.17. The first-order chi connectivity index (χ1) is 14.2. The molecule has 2 aromatic rings. The Labute approximate surface area is 170 Å². The van der Waals surface area contributed by atoms with Crippen LogP contribution in [0.3, 0.4) is 0 Å². The molecule has 1 atom stereocenters. The monoisotopic (exact) mass is 420 g/mol. The van der Waals surface area contributed by atoms with Gasteiger partial charge in [0.25, 0.3) is 5.91 Å². The number of nitrogens with one attached hydrogen (secondary N) is 2. The van der Waals surface area contributed by atoms with Gasteiger partial charge >= 0.3 is 12.3 Å². The van der Waals surface area contributed by atoms with Crippen molar-refractivity contribution in [3.8, 4) is 11.5 Å². The van der Waals surface area contributed by atoms with Gasteiger partial charge in [-0.3, -0.25) is 14.4 Å². The number of alkyl halides is 2. The Kier molecular flexibility index (Phi) is 6.14. The highest BCUT2D eigenvalue weighted by Gasteiger charge is 2.43. The van der Waals surface area contributed by atoms with Gasteiger partial charge in [-0.05, 0) is 17.7 Å². The van der Waals surface area contributed by atoms with Crippen LogP contribution in [-0.4, -0.2) is 30.7 Å². The first kappa shape index (κ1) is 21.0. The highest BCUT2D eigenvalue weighted by molar-refractivity contribution is 5.93. The number of benzene rings is 2. The molecule has 8 nitrogen and oxygen atoms in total. The van der Waals surface area contributed by atoms with Crippen LogP contribution in [0, 0.1) is 0 Å². The van der Waals surface area contributed by atoms with E-state index in [1.54, 1.807) is 30.3 Å². The molecule has 1 unspecified atom stereocenters. The quantitative estimate of drug-likeness (QED) is 0.668. The largest absolute Gasteiger partial charge is 0.586 e. The minimum Gasteiger partial charge on any atom is -0.455 e. The molecule has 10 heteroatoms. The molecule has 2 N–H and O–H groups in total. The van der Waals surface area contributed by atoms with Crippen LogP contribution in [0.25, 0.3) is 0 Å². The summed E-state index contributed by atoms with van der Waals surface area (Å²) in [4.78, 5) is 35.5. The molecule has 2 aromatic carbocycles. The fourth-order valence-corrected chi connectivity index (χ4v) is 2.78. The van der Waals surface area contributed by atoms with Gasteiger partial charge in [-0.25, -0.2) is 0 Å². The summed E-state index contributed by atoms with van der Waals surface area (Å²) in [5.74, 6) is -2.07. The van der Waals surface area contributed by atoms with Crippen LogP contribution in [-0.2, 0) is 19.1 Å². The molecule has 0 radical (unpaired) electrons. The predicted octanol–water partition coefficient (Wildman–Crippen LogP) is 2.76. The number of hydrogen-bond donors (Lipinski definition) is 2. The van der Waals surface area contributed by atoms with Gasteiger partial charge in [-0.15, -0.1) is 8.78 Å². The summed E-state index contributed by atoms with van der Waals surface area (Å²) in [5, 5.41) is 5.06. The topological polar surface area (TPSA) is 103 Å². The lowest BCUT2D eigenvalue weighted by atomic mass is 10.0. The number of carbonyl (C=O) groups is 3. The summed E-state index contributed by atoms with van der Waals surface area (Å²) < 4.78 is 39.6. The fourth-order valence-electron chi connectivity index (χ4n) is 2.78. The SMILES string of the molecule is CC(=O)NC(CC(=O)OCC(=O)Nc1ccc2c(c1)OC(F)(F)O2)c1ccccc1. The Balaban J connectivity index is 1.52. The molecule has 0 spiro atoms. The van der Waals surface area contributed by atoms with Crippen LogP contribution in [0.2, 0.25) is 0 Å². The van der Waals surface area contributed by atoms with Gasteiger partial charge in [0.05, 0.1) is 12.5 Å². The summed E-state index contributed by atoms with van der Waals surface area (Å²) >= 11 is 0. The molecule has 0 saturated carbocycles. The van der Waals surface area contributed by atoms with Gasteiger partial charge in [0.2, 0.25) is 5.91 Å². The molecule has 0 bridgehead atoms. The molecule has 158 valence electrons. The van der Waals surface area contributed by atoms with E-state index in [1.807, 2.05) is 0 Å². The Morgan fingerprint density at radius 3 is 2.47 bits per heavy atom. The third-order valence-corrected chi connectivity index (χ3v) is 4.00. The van der Waals surface area contributed by atoms with Crippen molar-refractivity contribution < 1.29 is 37.4 Å². The summed E-state index contributed by atoms with van der Waals surface area (Å²) in [6.45, 7) is 0.737. The van der Waals surface area contributed by atoms with Crippen molar-refractivity contribution >= 4 is 23.5 Å². The van der Waals surface area contributed by atoms with Crippen LogP contribution in [0.1, 0.15) is 24.9 Å². The average Bonchev–Trinajstić information content (AvgIpc) is 2.99. The van der Waals surface area contributed by atoms with E-state index in [2.05, 4.69) is 20.1 Å². The second kappa shape index (κ2) is 8.76. The Morgan fingerprint density at radius 1 is 1.07 bits per heavy atom. The van der Waals surface area contributed by atoms with Crippen molar-refractivity contribution in [1.29, 1.82) is 0 Å². The van der Waals surface area contributed by atoms with Crippen molar-refractivity contribution in [2.45, 2.75) is 25.7 Å². The van der Waals surface area contributed by atoms with Gasteiger partial charge in [0.1, 0.15) is 0 Å². The molecule has 3 rings (SSSR count). The molecule has 0 aliphatic carbocycles. The molecule has 1 aliphatic rings. The number of anilines is 1. The van der Waals surface area contributed by atoms with Crippen LogP contribution in [0.15, 0.2) is 48.5 Å². The molecular formula is C20H18F2N2O6. The Morgan fingerprint density at radius 2 is 1.77 bits per heavy atom. The maximum absolute atomic E-state index is 13.0. The standard InChI is InChI=1S/C20H18F2N2O6/c1-12(25)23-15(13-5-3-2-4-6-13)10-19(27)28-11-18(26)24-14-7-8-16-17(9-14)30-20(21,22)29-16/h2-9,15H,10-11H2,1H3,(H,23,25)(H,24,26). The minimum atomic E-state index is -3.76. The molecule has 0 fully saturated rings.